The van der Waals surface area contributed by atoms with Gasteiger partial charge >= 0.3 is 199 Å². The first kappa shape index (κ1) is 39.3. The van der Waals surface area contributed by atoms with Crippen molar-refractivity contribution in [3.63, 3.8) is 0 Å². The first-order chi connectivity index (χ1) is 20.8. The van der Waals surface area contributed by atoms with Crippen molar-refractivity contribution < 1.29 is 11.9 Å². The summed E-state index contributed by atoms with van der Waals surface area (Å²) in [5, 5.41) is 0. The molecule has 0 atom stereocenters. The number of benzene rings is 2. The maximum absolute atomic E-state index is 7.26. The van der Waals surface area contributed by atoms with Crippen LogP contribution in [0, 0.1) is 41.5 Å². The van der Waals surface area contributed by atoms with Gasteiger partial charge in [-0.25, -0.2) is 0 Å². The van der Waals surface area contributed by atoms with Crippen LogP contribution < -0.4 is 9.80 Å². The van der Waals surface area contributed by atoms with Gasteiger partial charge in [-0.3, -0.25) is 0 Å². The first-order valence-corrected chi connectivity index (χ1v) is 24.9. The second-order valence-electron chi connectivity index (χ2n) is 12.8. The molecule has 2 aromatic rings. The van der Waals surface area contributed by atoms with Crippen molar-refractivity contribution in [2.75, 3.05) is 41.4 Å². The van der Waals surface area contributed by atoms with Crippen LogP contribution in [0.4, 0.5) is 11.4 Å². The molecule has 0 saturated carbocycles. The monoisotopic (exact) mass is 748 g/mol. The summed E-state index contributed by atoms with van der Waals surface area (Å²) in [6.07, 6.45) is 15.3. The molecule has 6 heteroatoms. The fraction of sp³-hybridized carbons (Fsp3) is 0.579. The fourth-order valence-corrected chi connectivity index (χ4v) is 14.5. The van der Waals surface area contributed by atoms with Gasteiger partial charge in [0.2, 0.25) is 0 Å². The first-order valence-electron chi connectivity index (χ1n) is 16.7. The summed E-state index contributed by atoms with van der Waals surface area (Å²) < 4.78 is 3.15. The molecule has 250 valence electrons. The number of hydrogen-bond acceptors (Lipinski definition) is 2. The maximum Gasteiger partial charge on any atom is -0.0326 e. The second kappa shape index (κ2) is 19.1. The number of halogens is 2. The van der Waals surface area contributed by atoms with Crippen molar-refractivity contribution in [3.05, 3.63) is 69.3 Å². The van der Waals surface area contributed by atoms with Crippen molar-refractivity contribution in [1.29, 1.82) is 0 Å². The molecule has 0 bridgehead atoms. The zero-order valence-electron chi connectivity index (χ0n) is 29.7. The number of aryl methyl sites for hydroxylation is 6. The minimum atomic E-state index is -3.33. The normalized spacial score (nSPS) is 13.7. The number of anilines is 2. The van der Waals surface area contributed by atoms with Crippen LogP contribution in [0.15, 0.2) is 35.9 Å². The van der Waals surface area contributed by atoms with Gasteiger partial charge in [0.15, 0.2) is 0 Å². The Morgan fingerprint density at radius 3 is 1.32 bits per heavy atom. The summed E-state index contributed by atoms with van der Waals surface area (Å²) in [5.41, 5.74) is 11.3. The van der Waals surface area contributed by atoms with Crippen LogP contribution in [0.2, 0.25) is 0 Å². The summed E-state index contributed by atoms with van der Waals surface area (Å²) in [4.78, 5) is 4.79. The van der Waals surface area contributed by atoms with E-state index in [9.17, 15) is 0 Å². The van der Waals surface area contributed by atoms with Gasteiger partial charge in [0, 0.05) is 0 Å². The number of rotatable bonds is 12. The van der Waals surface area contributed by atoms with Gasteiger partial charge in [0.25, 0.3) is 0 Å². The number of unbranched alkanes of at least 4 members (excludes halogenated alkanes) is 3. The minimum Gasteiger partial charge on any atom is -0.107 e. The summed E-state index contributed by atoms with van der Waals surface area (Å²) >= 11 is -3.33. The predicted octanol–water partition coefficient (Wildman–Crippen LogP) is 12.0. The average Bonchev–Trinajstić information content (AvgIpc) is 3.36. The largest absolute Gasteiger partial charge is 0.107 e. The van der Waals surface area contributed by atoms with Crippen LogP contribution in [0.3, 0.4) is 0 Å². The molecule has 0 aromatic heterocycles. The van der Waals surface area contributed by atoms with E-state index in [2.05, 4.69) is 121 Å². The van der Waals surface area contributed by atoms with Crippen LogP contribution in [-0.2, 0) is 11.9 Å². The SMILES string of the molecule is CC(C)=C[CH]=[Ru]([Cl])([Cl])=[C]1N(c2c(C)cc(C)cc2C)CCN1c1c(C)cc(C)cc1C.CCCCP(CCCC)CCCC. The van der Waals surface area contributed by atoms with E-state index in [4.69, 9.17) is 19.4 Å². The Morgan fingerprint density at radius 2 is 1.02 bits per heavy atom. The minimum absolute atomic E-state index is 0.422. The molecule has 2 aromatic carbocycles. The van der Waals surface area contributed by atoms with E-state index in [0.717, 1.165) is 17.4 Å². The van der Waals surface area contributed by atoms with Gasteiger partial charge in [-0.15, -0.1) is 7.92 Å². The average molecular weight is 749 g/mol. The summed E-state index contributed by atoms with van der Waals surface area (Å²) in [6.45, 7) is 25.9. The van der Waals surface area contributed by atoms with Gasteiger partial charge in [-0.2, -0.15) is 0 Å². The van der Waals surface area contributed by atoms with Crippen molar-refractivity contribution >= 4 is 47.6 Å². The van der Waals surface area contributed by atoms with E-state index >= 15 is 0 Å². The molecule has 2 nitrogen and oxygen atoms in total. The van der Waals surface area contributed by atoms with E-state index in [1.54, 1.807) is 18.5 Å². The Kier molecular flexibility index (Phi) is 17.1. The second-order valence-corrected chi connectivity index (χ2v) is 24.8. The molecule has 44 heavy (non-hydrogen) atoms. The van der Waals surface area contributed by atoms with Crippen LogP contribution in [0.5, 0.6) is 0 Å². The van der Waals surface area contributed by atoms with Crippen LogP contribution in [0.1, 0.15) is 107 Å². The fourth-order valence-electron chi connectivity index (χ4n) is 6.10. The maximum atomic E-state index is 7.26. The van der Waals surface area contributed by atoms with E-state index < -0.39 is 11.9 Å². The molecule has 0 amide bonds. The molecule has 1 fully saturated rings. The summed E-state index contributed by atoms with van der Waals surface area (Å²) in [5.74, 6) is 0. The Hall–Kier alpha value is -0.847. The summed E-state index contributed by atoms with van der Waals surface area (Å²) in [6, 6.07) is 9.00. The third kappa shape index (κ3) is 11.4. The van der Waals surface area contributed by atoms with Crippen LogP contribution >= 0.6 is 27.3 Å². The Labute approximate surface area is 283 Å². The number of hydrogen-bond donors (Lipinski definition) is 0. The van der Waals surface area contributed by atoms with E-state index in [-0.39, 0.29) is 0 Å². The number of allylic oxidation sites excluding steroid dienone is 2. The molecular formula is C38H61Cl2N2PRu. The van der Waals surface area contributed by atoms with Gasteiger partial charge in [-0.05, 0) is 37.7 Å². The van der Waals surface area contributed by atoms with Crippen molar-refractivity contribution in [2.24, 2.45) is 0 Å². The molecule has 1 saturated heterocycles. The Morgan fingerprint density at radius 1 is 0.682 bits per heavy atom. The molecular weight excluding hydrogens is 687 g/mol. The summed E-state index contributed by atoms with van der Waals surface area (Å²) in [7, 11) is 14.9. The van der Waals surface area contributed by atoms with Crippen molar-refractivity contribution in [1.82, 2.24) is 0 Å². The van der Waals surface area contributed by atoms with E-state index in [1.165, 1.54) is 88.9 Å². The standard InChI is InChI=1S/C21H26N2.C12H27P.C5H8.2ClH.Ru/c1-14-9-16(3)20(17(4)10-14)22-7-8-23(13-22)21-18(5)11-15(2)12-19(21)6;1-4-7-10-13(11-8-5-2)12-9-6-3;1-4-5(2)3;;;/h9-12H,7-8H2,1-6H3;4-12H2,1-3H3;1,4H,2-3H3;2*1H;/q;;;;;+2/p-2. The van der Waals surface area contributed by atoms with Gasteiger partial charge < -0.3 is 0 Å². The van der Waals surface area contributed by atoms with Gasteiger partial charge in [-0.1, -0.05) is 40.0 Å². The topological polar surface area (TPSA) is 6.48 Å². The number of nitrogens with zero attached hydrogens (tertiary/aromatic N) is 2. The van der Waals surface area contributed by atoms with E-state index in [0.29, 0.717) is 7.92 Å². The molecule has 1 heterocycles. The Bertz CT molecular complexity index is 1240. The molecule has 0 radical (unpaired) electrons. The molecule has 0 aliphatic carbocycles. The quantitative estimate of drug-likeness (QED) is 0.158. The van der Waals surface area contributed by atoms with Gasteiger partial charge in [0.1, 0.15) is 0 Å². The molecule has 0 unspecified atom stereocenters. The molecule has 0 spiro atoms. The van der Waals surface area contributed by atoms with E-state index in [1.807, 2.05) is 0 Å². The molecule has 1 aliphatic heterocycles. The van der Waals surface area contributed by atoms with Crippen LogP contribution in [-0.4, -0.2) is 40.5 Å². The van der Waals surface area contributed by atoms with Crippen molar-refractivity contribution in [3.8, 4) is 0 Å². The third-order valence-corrected chi connectivity index (χ3v) is 16.3. The zero-order chi connectivity index (χ0) is 33.0. The van der Waals surface area contributed by atoms with Crippen molar-refractivity contribution in [2.45, 2.75) is 115 Å². The Balaban J connectivity index is 0.000000439. The smallest absolute Gasteiger partial charge is 0.0326 e. The molecule has 3 rings (SSSR count). The zero-order valence-corrected chi connectivity index (χ0v) is 33.8. The molecule has 0 N–H and O–H groups in total. The predicted molar refractivity (Wildman–Crippen MR) is 204 cm³/mol. The van der Waals surface area contributed by atoms with Crippen LogP contribution in [0.25, 0.3) is 0 Å². The third-order valence-electron chi connectivity index (χ3n) is 8.02. The van der Waals surface area contributed by atoms with Gasteiger partial charge in [0.05, 0.1) is 0 Å². The molecule has 1 aliphatic rings.